The summed E-state index contributed by atoms with van der Waals surface area (Å²) in [7, 11) is 0. The van der Waals surface area contributed by atoms with Crippen LogP contribution in [-0.4, -0.2) is 9.97 Å². The lowest BCUT2D eigenvalue weighted by Gasteiger charge is -2.13. The Balaban J connectivity index is 2.35. The molecule has 2 N–H and O–H groups in total. The number of rotatable bonds is 2. The molecule has 0 fully saturated rings. The van der Waals surface area contributed by atoms with Gasteiger partial charge >= 0.3 is 6.18 Å². The van der Waals surface area contributed by atoms with Crippen LogP contribution in [0.2, 0.25) is 0 Å². The fraction of sp³-hybridized carbons (Fsp3) is 0.167. The predicted molar refractivity (Wildman–Crippen MR) is 59.5 cm³/mol. The molecule has 0 bridgehead atoms. The lowest BCUT2D eigenvalue weighted by Crippen LogP contribution is -2.15. The molecular weight excluding hydrogens is 243 g/mol. The topological polar surface area (TPSA) is 51.8 Å². The molecule has 0 aliphatic carbocycles. The lowest BCUT2D eigenvalue weighted by molar-refractivity contribution is -0.137. The standard InChI is InChI=1S/C12H10F3N3/c13-12(14,15)9-3-1-2-8(6-9)11(16)10-4-5-17-7-18-10/h1-7,11H,16H2. The van der Waals surface area contributed by atoms with Crippen molar-refractivity contribution in [2.45, 2.75) is 12.2 Å². The van der Waals surface area contributed by atoms with Crippen molar-refractivity contribution in [2.75, 3.05) is 0 Å². The van der Waals surface area contributed by atoms with Crippen LogP contribution >= 0.6 is 0 Å². The zero-order chi connectivity index (χ0) is 13.2. The van der Waals surface area contributed by atoms with Gasteiger partial charge in [-0.2, -0.15) is 13.2 Å². The van der Waals surface area contributed by atoms with E-state index in [-0.39, 0.29) is 0 Å². The van der Waals surface area contributed by atoms with E-state index < -0.39 is 17.8 Å². The van der Waals surface area contributed by atoms with E-state index in [0.29, 0.717) is 11.3 Å². The van der Waals surface area contributed by atoms with Gasteiger partial charge in [-0.1, -0.05) is 12.1 Å². The number of hydrogen-bond donors (Lipinski definition) is 1. The maximum Gasteiger partial charge on any atom is 0.416 e. The molecule has 1 aromatic carbocycles. The molecule has 1 unspecified atom stereocenters. The Morgan fingerprint density at radius 2 is 1.94 bits per heavy atom. The fourth-order valence-corrected chi connectivity index (χ4v) is 1.56. The second-order valence-electron chi connectivity index (χ2n) is 3.74. The van der Waals surface area contributed by atoms with Gasteiger partial charge in [0.15, 0.2) is 0 Å². The molecular formula is C12H10F3N3. The third-order valence-corrected chi connectivity index (χ3v) is 2.50. The van der Waals surface area contributed by atoms with E-state index in [0.717, 1.165) is 12.1 Å². The molecule has 0 saturated carbocycles. The number of nitrogens with two attached hydrogens (primary N) is 1. The summed E-state index contributed by atoms with van der Waals surface area (Å²) in [5.74, 6) is 0. The van der Waals surface area contributed by atoms with E-state index in [1.165, 1.54) is 18.6 Å². The van der Waals surface area contributed by atoms with Gasteiger partial charge in [-0.05, 0) is 23.8 Å². The highest BCUT2D eigenvalue weighted by atomic mass is 19.4. The van der Waals surface area contributed by atoms with Crippen molar-refractivity contribution < 1.29 is 13.2 Å². The van der Waals surface area contributed by atoms with Crippen molar-refractivity contribution in [3.05, 3.63) is 59.7 Å². The van der Waals surface area contributed by atoms with Crippen LogP contribution in [0.3, 0.4) is 0 Å². The second kappa shape index (κ2) is 4.73. The maximum atomic E-state index is 12.6. The SMILES string of the molecule is NC(c1cccc(C(F)(F)F)c1)c1ccncn1. The number of hydrogen-bond acceptors (Lipinski definition) is 3. The summed E-state index contributed by atoms with van der Waals surface area (Å²) >= 11 is 0. The minimum Gasteiger partial charge on any atom is -0.319 e. The minimum atomic E-state index is -4.37. The third-order valence-electron chi connectivity index (χ3n) is 2.50. The smallest absolute Gasteiger partial charge is 0.319 e. The van der Waals surface area contributed by atoms with Crippen LogP contribution in [0.5, 0.6) is 0 Å². The van der Waals surface area contributed by atoms with Crippen molar-refractivity contribution in [3.63, 3.8) is 0 Å². The molecule has 0 saturated heterocycles. The Morgan fingerprint density at radius 3 is 2.56 bits per heavy atom. The number of nitrogens with zero attached hydrogens (tertiary/aromatic N) is 2. The van der Waals surface area contributed by atoms with Crippen LogP contribution in [-0.2, 0) is 6.18 Å². The number of alkyl halides is 3. The highest BCUT2D eigenvalue weighted by molar-refractivity contribution is 5.31. The summed E-state index contributed by atoms with van der Waals surface area (Å²) in [5.41, 5.74) is 5.99. The molecule has 94 valence electrons. The van der Waals surface area contributed by atoms with Gasteiger partial charge in [0.25, 0.3) is 0 Å². The van der Waals surface area contributed by atoms with Gasteiger partial charge in [0.2, 0.25) is 0 Å². The Hall–Kier alpha value is -1.95. The van der Waals surface area contributed by atoms with Crippen LogP contribution in [0.25, 0.3) is 0 Å². The van der Waals surface area contributed by atoms with Gasteiger partial charge in [-0.15, -0.1) is 0 Å². The van der Waals surface area contributed by atoms with Crippen molar-refractivity contribution in [1.29, 1.82) is 0 Å². The number of halogens is 3. The summed E-state index contributed by atoms with van der Waals surface area (Å²) in [4.78, 5) is 7.66. The largest absolute Gasteiger partial charge is 0.416 e. The van der Waals surface area contributed by atoms with Gasteiger partial charge < -0.3 is 5.73 Å². The van der Waals surface area contributed by atoms with Gasteiger partial charge in [0.1, 0.15) is 6.33 Å². The molecule has 0 radical (unpaired) electrons. The van der Waals surface area contributed by atoms with Crippen LogP contribution in [0.4, 0.5) is 13.2 Å². The van der Waals surface area contributed by atoms with E-state index in [1.54, 1.807) is 12.1 Å². The second-order valence-corrected chi connectivity index (χ2v) is 3.74. The summed E-state index contributed by atoms with van der Waals surface area (Å²) in [6, 6.07) is 5.80. The van der Waals surface area contributed by atoms with Gasteiger partial charge in [0.05, 0.1) is 17.3 Å². The highest BCUT2D eigenvalue weighted by Gasteiger charge is 2.30. The van der Waals surface area contributed by atoms with E-state index in [9.17, 15) is 13.2 Å². The first kappa shape index (κ1) is 12.5. The molecule has 0 spiro atoms. The Bertz CT molecular complexity index is 526. The summed E-state index contributed by atoms with van der Waals surface area (Å²) in [6.07, 6.45) is -1.57. The third kappa shape index (κ3) is 2.65. The molecule has 6 heteroatoms. The fourth-order valence-electron chi connectivity index (χ4n) is 1.56. The first-order chi connectivity index (χ1) is 8.48. The van der Waals surface area contributed by atoms with E-state index >= 15 is 0 Å². The monoisotopic (exact) mass is 253 g/mol. The quantitative estimate of drug-likeness (QED) is 0.894. The molecule has 0 aliphatic heterocycles. The average Bonchev–Trinajstić information content (AvgIpc) is 2.38. The molecule has 1 heterocycles. The normalized spacial score (nSPS) is 13.3. The number of aromatic nitrogens is 2. The minimum absolute atomic E-state index is 0.364. The van der Waals surface area contributed by atoms with Crippen molar-refractivity contribution in [3.8, 4) is 0 Å². The van der Waals surface area contributed by atoms with Gasteiger partial charge in [0, 0.05) is 6.20 Å². The van der Waals surface area contributed by atoms with Crippen molar-refractivity contribution in [1.82, 2.24) is 9.97 Å². The summed E-state index contributed by atoms with van der Waals surface area (Å²) < 4.78 is 37.7. The van der Waals surface area contributed by atoms with Gasteiger partial charge in [-0.3, -0.25) is 0 Å². The van der Waals surface area contributed by atoms with Crippen LogP contribution < -0.4 is 5.73 Å². The van der Waals surface area contributed by atoms with Crippen LogP contribution in [0, 0.1) is 0 Å². The summed E-state index contributed by atoms with van der Waals surface area (Å²) in [5, 5.41) is 0. The average molecular weight is 253 g/mol. The Kier molecular flexibility index (Phi) is 3.29. The molecule has 1 aromatic heterocycles. The molecule has 2 rings (SSSR count). The molecule has 0 aliphatic rings. The highest BCUT2D eigenvalue weighted by Crippen LogP contribution is 2.31. The zero-order valence-corrected chi connectivity index (χ0v) is 9.22. The lowest BCUT2D eigenvalue weighted by atomic mass is 10.0. The van der Waals surface area contributed by atoms with Crippen molar-refractivity contribution in [2.24, 2.45) is 5.73 Å². The molecule has 3 nitrogen and oxygen atoms in total. The van der Waals surface area contributed by atoms with E-state index in [1.807, 2.05) is 0 Å². The predicted octanol–water partition coefficient (Wildman–Crippen LogP) is 2.54. The zero-order valence-electron chi connectivity index (χ0n) is 9.22. The summed E-state index contributed by atoms with van der Waals surface area (Å²) in [6.45, 7) is 0. The molecule has 2 aromatic rings. The van der Waals surface area contributed by atoms with E-state index in [4.69, 9.17) is 5.73 Å². The van der Waals surface area contributed by atoms with Crippen molar-refractivity contribution >= 4 is 0 Å². The molecule has 0 amide bonds. The first-order valence-corrected chi connectivity index (χ1v) is 5.17. The number of benzene rings is 1. The van der Waals surface area contributed by atoms with Crippen LogP contribution in [0.15, 0.2) is 42.9 Å². The Labute approximate surface area is 101 Å². The van der Waals surface area contributed by atoms with E-state index in [2.05, 4.69) is 9.97 Å². The maximum absolute atomic E-state index is 12.6. The molecule has 18 heavy (non-hydrogen) atoms. The van der Waals surface area contributed by atoms with Crippen LogP contribution in [0.1, 0.15) is 22.9 Å². The first-order valence-electron chi connectivity index (χ1n) is 5.17. The Morgan fingerprint density at radius 1 is 1.17 bits per heavy atom. The molecule has 1 atom stereocenters. The van der Waals surface area contributed by atoms with Gasteiger partial charge in [-0.25, -0.2) is 9.97 Å².